The average molecular weight is 482 g/mol. The van der Waals surface area contributed by atoms with Gasteiger partial charge in [-0.1, -0.05) is 6.07 Å². The minimum absolute atomic E-state index is 0.0225. The molecule has 3 aromatic carbocycles. The number of amides is 1. The van der Waals surface area contributed by atoms with E-state index in [9.17, 15) is 35.2 Å². The normalized spacial score (nSPS) is 13.5. The molecule has 0 bridgehead atoms. The number of sulfonamides is 1. The van der Waals surface area contributed by atoms with Crippen LogP contribution in [-0.2, 0) is 16.4 Å². The van der Waals surface area contributed by atoms with Crippen molar-refractivity contribution in [2.45, 2.75) is 17.7 Å². The van der Waals surface area contributed by atoms with Crippen molar-refractivity contribution in [3.63, 3.8) is 0 Å². The molecule has 1 heterocycles. The third kappa shape index (κ3) is 4.28. The van der Waals surface area contributed by atoms with Crippen molar-refractivity contribution in [3.05, 3.63) is 88.7 Å². The van der Waals surface area contributed by atoms with Crippen LogP contribution < -0.4 is 9.62 Å². The highest BCUT2D eigenvalue weighted by Gasteiger charge is 2.30. The van der Waals surface area contributed by atoms with Crippen molar-refractivity contribution in [2.75, 3.05) is 16.2 Å². The van der Waals surface area contributed by atoms with E-state index in [1.54, 1.807) is 0 Å². The van der Waals surface area contributed by atoms with Gasteiger partial charge in [-0.15, -0.1) is 0 Å². The van der Waals surface area contributed by atoms with Gasteiger partial charge >= 0.3 is 0 Å². The largest absolute Gasteiger partial charge is 0.322 e. The average Bonchev–Trinajstić information content (AvgIpc) is 2.74. The second-order valence-corrected chi connectivity index (χ2v) is 9.16. The molecule has 11 heteroatoms. The van der Waals surface area contributed by atoms with Crippen LogP contribution >= 0.6 is 0 Å². The Bertz CT molecular complexity index is 1360. The van der Waals surface area contributed by atoms with E-state index in [0.29, 0.717) is 42.7 Å². The fourth-order valence-electron chi connectivity index (χ4n) is 3.59. The third-order valence-electron chi connectivity index (χ3n) is 5.13. The number of benzene rings is 3. The van der Waals surface area contributed by atoms with Gasteiger partial charge < -0.3 is 5.32 Å². The number of nitrogens with zero attached hydrogens (tertiary/aromatic N) is 1. The highest BCUT2D eigenvalue weighted by Crippen LogP contribution is 2.34. The fourth-order valence-corrected chi connectivity index (χ4v) is 5.13. The van der Waals surface area contributed by atoms with Gasteiger partial charge in [-0.2, -0.15) is 0 Å². The van der Waals surface area contributed by atoms with E-state index in [1.807, 2.05) is 0 Å². The molecule has 172 valence electrons. The van der Waals surface area contributed by atoms with Crippen LogP contribution in [0.15, 0.2) is 53.4 Å². The molecule has 1 aliphatic heterocycles. The number of aryl methyl sites for hydroxylation is 1. The Morgan fingerprint density at radius 3 is 2.21 bits per heavy atom. The van der Waals surface area contributed by atoms with E-state index in [1.165, 1.54) is 18.2 Å². The summed E-state index contributed by atoms with van der Waals surface area (Å²) in [4.78, 5) is 11.9. The number of nitrogens with one attached hydrogen (secondary N) is 1. The molecule has 33 heavy (non-hydrogen) atoms. The molecule has 1 N–H and O–H groups in total. The summed E-state index contributed by atoms with van der Waals surface area (Å²) in [5.74, 6) is -7.70. The van der Waals surface area contributed by atoms with Crippen LogP contribution in [-0.4, -0.2) is 20.9 Å². The van der Waals surface area contributed by atoms with E-state index >= 15 is 0 Å². The maximum atomic E-state index is 13.9. The van der Waals surface area contributed by atoms with Gasteiger partial charge in [-0.25, -0.2) is 30.4 Å². The molecule has 0 saturated heterocycles. The topological polar surface area (TPSA) is 66.5 Å². The number of hydrogen-bond donors (Lipinski definition) is 1. The first-order chi connectivity index (χ1) is 15.6. The molecule has 1 aliphatic rings. The number of carbonyl (C=O) groups is 1. The second kappa shape index (κ2) is 8.47. The van der Waals surface area contributed by atoms with Crippen LogP contribution in [0.5, 0.6) is 0 Å². The molecule has 4 rings (SSSR count). The van der Waals surface area contributed by atoms with Crippen molar-refractivity contribution >= 4 is 27.3 Å². The van der Waals surface area contributed by atoms with Gasteiger partial charge in [0.25, 0.3) is 15.9 Å². The van der Waals surface area contributed by atoms with Crippen LogP contribution in [0.1, 0.15) is 22.3 Å². The lowest BCUT2D eigenvalue weighted by atomic mass is 10.0. The van der Waals surface area contributed by atoms with Gasteiger partial charge in [0, 0.05) is 24.4 Å². The monoisotopic (exact) mass is 482 g/mol. The van der Waals surface area contributed by atoms with Crippen molar-refractivity contribution in [2.24, 2.45) is 0 Å². The van der Waals surface area contributed by atoms with Crippen LogP contribution in [0.25, 0.3) is 0 Å². The number of halogens is 5. The Balaban J connectivity index is 1.69. The molecule has 0 unspecified atom stereocenters. The van der Waals surface area contributed by atoms with Crippen LogP contribution in [0.2, 0.25) is 0 Å². The van der Waals surface area contributed by atoms with Gasteiger partial charge in [-0.05, 0) is 48.7 Å². The molecule has 0 spiro atoms. The Hall–Kier alpha value is -3.47. The van der Waals surface area contributed by atoms with E-state index in [0.717, 1.165) is 10.4 Å². The molecule has 5 nitrogen and oxygen atoms in total. The molecule has 0 radical (unpaired) electrons. The summed E-state index contributed by atoms with van der Waals surface area (Å²) in [6.45, 7) is 0.0347. The smallest absolute Gasteiger partial charge is 0.264 e. The molecule has 0 aromatic heterocycles. The second-order valence-electron chi connectivity index (χ2n) is 7.30. The van der Waals surface area contributed by atoms with Crippen molar-refractivity contribution in [1.29, 1.82) is 0 Å². The number of fused-ring (bicyclic) bond motifs is 1. The van der Waals surface area contributed by atoms with E-state index in [4.69, 9.17) is 0 Å². The van der Waals surface area contributed by atoms with Gasteiger partial charge in [0.15, 0.2) is 11.6 Å². The quantitative estimate of drug-likeness (QED) is 0.545. The minimum Gasteiger partial charge on any atom is -0.322 e. The van der Waals surface area contributed by atoms with Gasteiger partial charge in [0.2, 0.25) is 0 Å². The maximum Gasteiger partial charge on any atom is 0.264 e. The zero-order valence-electron chi connectivity index (χ0n) is 16.7. The summed E-state index contributed by atoms with van der Waals surface area (Å²) in [6, 6.07) is 7.19. The lowest BCUT2D eigenvalue weighted by Gasteiger charge is -2.31. The summed E-state index contributed by atoms with van der Waals surface area (Å²) < 4.78 is 95.1. The predicted octanol–water partition coefficient (Wildman–Crippen LogP) is 4.78. The zero-order chi connectivity index (χ0) is 23.9. The molecule has 0 saturated carbocycles. The van der Waals surface area contributed by atoms with Crippen LogP contribution in [0.4, 0.5) is 33.3 Å². The molecule has 0 fully saturated rings. The highest BCUT2D eigenvalue weighted by atomic mass is 32.2. The number of anilines is 2. The summed E-state index contributed by atoms with van der Waals surface area (Å²) in [6.07, 6.45) is 0.961. The summed E-state index contributed by atoms with van der Waals surface area (Å²) in [7, 11) is -4.28. The van der Waals surface area contributed by atoms with Crippen molar-refractivity contribution in [1.82, 2.24) is 0 Å². The zero-order valence-corrected chi connectivity index (χ0v) is 17.5. The molecule has 0 aliphatic carbocycles. The molecular formula is C22H15F5N2O3S. The molecule has 1 amide bonds. The minimum atomic E-state index is -4.28. The first-order valence-corrected chi connectivity index (χ1v) is 11.1. The van der Waals surface area contributed by atoms with E-state index in [2.05, 4.69) is 5.32 Å². The standard InChI is InChI=1S/C22H15F5N2O3S/c23-13-8-18(26)21(19(27)9-13)22(30)28-14-4-3-12-2-1-7-29(20(12)10-14)33(31,32)15-5-6-16(24)17(25)11-15/h3-6,8-11H,1-2,7H2,(H,28,30). The fraction of sp³-hybridized carbons (Fsp3) is 0.136. The molecular weight excluding hydrogens is 467 g/mol. The van der Waals surface area contributed by atoms with Crippen LogP contribution in [0, 0.1) is 29.1 Å². The Morgan fingerprint density at radius 1 is 0.848 bits per heavy atom. The Kier molecular flexibility index (Phi) is 5.83. The highest BCUT2D eigenvalue weighted by molar-refractivity contribution is 7.92. The van der Waals surface area contributed by atoms with Gasteiger partial charge in [0.1, 0.15) is 23.0 Å². The maximum absolute atomic E-state index is 13.9. The van der Waals surface area contributed by atoms with E-state index < -0.39 is 55.5 Å². The third-order valence-corrected chi connectivity index (χ3v) is 6.94. The first kappa shape index (κ1) is 22.7. The molecule has 0 atom stereocenters. The SMILES string of the molecule is O=C(Nc1ccc2c(c1)N(S(=O)(=O)c1ccc(F)c(F)c1)CCC2)c1c(F)cc(F)cc1F. The van der Waals surface area contributed by atoms with Gasteiger partial charge in [-0.3, -0.25) is 9.10 Å². The summed E-state index contributed by atoms with van der Waals surface area (Å²) in [5, 5.41) is 2.27. The van der Waals surface area contributed by atoms with Gasteiger partial charge in [0.05, 0.1) is 10.6 Å². The lowest BCUT2D eigenvalue weighted by Crippen LogP contribution is -2.35. The Labute approximate surface area is 185 Å². The predicted molar refractivity (Wildman–Crippen MR) is 110 cm³/mol. The van der Waals surface area contributed by atoms with Crippen LogP contribution in [0.3, 0.4) is 0 Å². The van der Waals surface area contributed by atoms with Crippen molar-refractivity contribution in [3.8, 4) is 0 Å². The van der Waals surface area contributed by atoms with Crippen molar-refractivity contribution < 1.29 is 35.2 Å². The lowest BCUT2D eigenvalue weighted by molar-refractivity contribution is 0.101. The number of rotatable bonds is 4. The Morgan fingerprint density at radius 2 is 1.55 bits per heavy atom. The number of carbonyl (C=O) groups excluding carboxylic acids is 1. The summed E-state index contributed by atoms with van der Waals surface area (Å²) in [5.41, 5.74) is -0.206. The van der Waals surface area contributed by atoms with E-state index in [-0.39, 0.29) is 17.9 Å². The number of hydrogen-bond acceptors (Lipinski definition) is 3. The summed E-state index contributed by atoms with van der Waals surface area (Å²) >= 11 is 0. The molecule has 3 aromatic rings. The first-order valence-electron chi connectivity index (χ1n) is 9.64.